The summed E-state index contributed by atoms with van der Waals surface area (Å²) in [6, 6.07) is 6.15. The lowest BCUT2D eigenvalue weighted by Crippen LogP contribution is -2.19. The lowest BCUT2D eigenvalue weighted by Gasteiger charge is -2.04. The van der Waals surface area contributed by atoms with E-state index in [1.165, 1.54) is 5.56 Å². The molecule has 5 heteroatoms. The molecule has 1 N–H and O–H groups in total. The summed E-state index contributed by atoms with van der Waals surface area (Å²) in [5, 5.41) is 8.86. The van der Waals surface area contributed by atoms with E-state index in [0.29, 0.717) is 0 Å². The van der Waals surface area contributed by atoms with E-state index < -0.39 is 0 Å². The quantitative estimate of drug-likeness (QED) is 0.611. The van der Waals surface area contributed by atoms with Crippen molar-refractivity contribution in [2.75, 3.05) is 18.8 Å². The van der Waals surface area contributed by atoms with Gasteiger partial charge in [-0.25, -0.2) is 4.98 Å². The molecule has 0 amide bonds. The Morgan fingerprint density at radius 3 is 3.06 bits per heavy atom. The second-order valence-corrected chi connectivity index (χ2v) is 6.49. The second kappa shape index (κ2) is 7.94. The Kier molecular flexibility index (Phi) is 6.20. The summed E-state index contributed by atoms with van der Waals surface area (Å²) in [5.41, 5.74) is 1.42. The third-order valence-corrected chi connectivity index (χ3v) is 5.05. The van der Waals surface area contributed by atoms with E-state index in [0.717, 1.165) is 34.8 Å². The number of nitrogens with zero attached hydrogens (tertiary/aromatic N) is 1. The number of thiophene rings is 1. The first-order valence-corrected chi connectivity index (χ1v) is 8.53. The van der Waals surface area contributed by atoms with Gasteiger partial charge in [0, 0.05) is 23.0 Å². The van der Waals surface area contributed by atoms with Crippen molar-refractivity contribution >= 4 is 39.0 Å². The van der Waals surface area contributed by atoms with Gasteiger partial charge in [0.15, 0.2) is 0 Å². The highest BCUT2D eigenvalue weighted by molar-refractivity contribution is 9.10. The molecule has 0 radical (unpaired) electrons. The summed E-state index contributed by atoms with van der Waals surface area (Å²) in [7, 11) is 0. The molecule has 0 aliphatic rings. The van der Waals surface area contributed by atoms with Gasteiger partial charge in [0.05, 0.1) is 0 Å². The standard InChI is InChI=1S/C13H15BrN2S2/c14-12-2-1-5-16-13(12)18-9-7-15-6-3-11-4-8-17-10-11/h1-2,4-5,8,10,15H,3,6-7,9H2. The van der Waals surface area contributed by atoms with Crippen LogP contribution in [0.25, 0.3) is 0 Å². The summed E-state index contributed by atoms with van der Waals surface area (Å²) in [6.07, 6.45) is 2.94. The minimum atomic E-state index is 1.01. The largest absolute Gasteiger partial charge is 0.316 e. The maximum Gasteiger partial charge on any atom is 0.110 e. The molecule has 96 valence electrons. The Balaban J connectivity index is 1.58. The number of hydrogen-bond acceptors (Lipinski definition) is 4. The maximum absolute atomic E-state index is 4.33. The summed E-state index contributed by atoms with van der Waals surface area (Å²) < 4.78 is 1.08. The fraction of sp³-hybridized carbons (Fsp3) is 0.308. The molecule has 2 aromatic rings. The van der Waals surface area contributed by atoms with Gasteiger partial charge in [-0.15, -0.1) is 11.8 Å². The average Bonchev–Trinajstić information content (AvgIpc) is 2.89. The minimum Gasteiger partial charge on any atom is -0.316 e. The third-order valence-electron chi connectivity index (χ3n) is 2.41. The van der Waals surface area contributed by atoms with Crippen molar-refractivity contribution < 1.29 is 0 Å². The van der Waals surface area contributed by atoms with Gasteiger partial charge in [-0.1, -0.05) is 0 Å². The smallest absolute Gasteiger partial charge is 0.110 e. The second-order valence-electron chi connectivity index (χ2n) is 3.77. The van der Waals surface area contributed by atoms with E-state index >= 15 is 0 Å². The highest BCUT2D eigenvalue weighted by Gasteiger charge is 2.00. The zero-order valence-electron chi connectivity index (χ0n) is 9.93. The van der Waals surface area contributed by atoms with Gasteiger partial charge in [0.2, 0.25) is 0 Å². The molecule has 0 unspecified atom stereocenters. The molecule has 2 heterocycles. The number of hydrogen-bond donors (Lipinski definition) is 1. The molecule has 0 bridgehead atoms. The van der Waals surface area contributed by atoms with Crippen LogP contribution in [0.15, 0.2) is 44.7 Å². The van der Waals surface area contributed by atoms with Crippen LogP contribution in [0.4, 0.5) is 0 Å². The monoisotopic (exact) mass is 342 g/mol. The van der Waals surface area contributed by atoms with Crippen LogP contribution in [-0.2, 0) is 6.42 Å². The van der Waals surface area contributed by atoms with Crippen LogP contribution in [-0.4, -0.2) is 23.8 Å². The first-order valence-electron chi connectivity index (χ1n) is 5.81. The fourth-order valence-electron chi connectivity index (χ4n) is 1.49. The predicted molar refractivity (Wildman–Crippen MR) is 83.6 cm³/mol. The first kappa shape index (κ1) is 14.1. The fourth-order valence-corrected chi connectivity index (χ4v) is 3.57. The molecule has 0 saturated carbocycles. The molecule has 2 nitrogen and oxygen atoms in total. The van der Waals surface area contributed by atoms with E-state index in [1.807, 2.05) is 18.3 Å². The highest BCUT2D eigenvalue weighted by atomic mass is 79.9. The van der Waals surface area contributed by atoms with E-state index in [4.69, 9.17) is 0 Å². The van der Waals surface area contributed by atoms with Crippen LogP contribution in [0.1, 0.15) is 5.56 Å². The van der Waals surface area contributed by atoms with Gasteiger partial charge in [-0.05, 0) is 63.4 Å². The van der Waals surface area contributed by atoms with Crippen molar-refractivity contribution in [2.24, 2.45) is 0 Å². The maximum atomic E-state index is 4.33. The SMILES string of the molecule is Brc1cccnc1SCCNCCc1ccsc1. The van der Waals surface area contributed by atoms with Gasteiger partial charge < -0.3 is 5.32 Å². The summed E-state index contributed by atoms with van der Waals surface area (Å²) in [5.74, 6) is 1.04. The molecule has 0 atom stereocenters. The van der Waals surface area contributed by atoms with E-state index in [1.54, 1.807) is 23.1 Å². The predicted octanol–water partition coefficient (Wildman–Crippen LogP) is 3.83. The topological polar surface area (TPSA) is 24.9 Å². The van der Waals surface area contributed by atoms with Crippen LogP contribution >= 0.6 is 39.0 Å². The van der Waals surface area contributed by atoms with Crippen LogP contribution in [0.5, 0.6) is 0 Å². The normalized spacial score (nSPS) is 10.7. The van der Waals surface area contributed by atoms with Crippen molar-refractivity contribution in [3.05, 3.63) is 45.2 Å². The zero-order valence-corrected chi connectivity index (χ0v) is 13.2. The van der Waals surface area contributed by atoms with Gasteiger partial charge in [-0.3, -0.25) is 0 Å². The van der Waals surface area contributed by atoms with Crippen molar-refractivity contribution in [3.63, 3.8) is 0 Å². The molecule has 0 saturated heterocycles. The van der Waals surface area contributed by atoms with Crippen LogP contribution in [0.3, 0.4) is 0 Å². The Morgan fingerprint density at radius 2 is 2.28 bits per heavy atom. The van der Waals surface area contributed by atoms with E-state index in [9.17, 15) is 0 Å². The number of nitrogens with one attached hydrogen (secondary N) is 1. The summed E-state index contributed by atoms with van der Waals surface area (Å²) in [4.78, 5) is 4.33. The van der Waals surface area contributed by atoms with Crippen molar-refractivity contribution in [1.82, 2.24) is 10.3 Å². The number of aromatic nitrogens is 1. The Hall–Kier alpha value is -0.360. The van der Waals surface area contributed by atoms with Crippen LogP contribution < -0.4 is 5.32 Å². The average molecular weight is 343 g/mol. The summed E-state index contributed by atoms with van der Waals surface area (Å²) in [6.45, 7) is 2.05. The minimum absolute atomic E-state index is 1.01. The Bertz CT molecular complexity index is 460. The van der Waals surface area contributed by atoms with Crippen molar-refractivity contribution in [2.45, 2.75) is 11.4 Å². The van der Waals surface area contributed by atoms with E-state index in [-0.39, 0.29) is 0 Å². The molecule has 0 aliphatic heterocycles. The van der Waals surface area contributed by atoms with Crippen LogP contribution in [0.2, 0.25) is 0 Å². The number of rotatable bonds is 7. The lowest BCUT2D eigenvalue weighted by molar-refractivity contribution is 0.722. The Labute approximate surface area is 124 Å². The van der Waals surface area contributed by atoms with Crippen LogP contribution in [0, 0.1) is 0 Å². The molecule has 0 aliphatic carbocycles. The molecule has 0 spiro atoms. The molecular formula is C13H15BrN2S2. The molecule has 2 aromatic heterocycles. The van der Waals surface area contributed by atoms with Gasteiger partial charge in [0.1, 0.15) is 5.03 Å². The first-order chi connectivity index (χ1) is 8.86. The molecule has 18 heavy (non-hydrogen) atoms. The highest BCUT2D eigenvalue weighted by Crippen LogP contribution is 2.23. The number of thioether (sulfide) groups is 1. The third kappa shape index (κ3) is 4.72. The number of pyridine rings is 1. The summed E-state index contributed by atoms with van der Waals surface area (Å²) >= 11 is 7.04. The molecule has 2 rings (SSSR count). The molecule has 0 aromatic carbocycles. The van der Waals surface area contributed by atoms with Gasteiger partial charge in [0.25, 0.3) is 0 Å². The molecule has 0 fully saturated rings. The Morgan fingerprint density at radius 1 is 1.33 bits per heavy atom. The van der Waals surface area contributed by atoms with Gasteiger partial charge >= 0.3 is 0 Å². The lowest BCUT2D eigenvalue weighted by atomic mass is 10.2. The van der Waals surface area contributed by atoms with Crippen molar-refractivity contribution in [3.8, 4) is 0 Å². The van der Waals surface area contributed by atoms with Gasteiger partial charge in [-0.2, -0.15) is 11.3 Å². The van der Waals surface area contributed by atoms with Crippen molar-refractivity contribution in [1.29, 1.82) is 0 Å². The zero-order chi connectivity index (χ0) is 12.6. The molecular weight excluding hydrogens is 328 g/mol. The van der Waals surface area contributed by atoms with E-state index in [2.05, 4.69) is 43.1 Å². The number of halogens is 1.